The van der Waals surface area contributed by atoms with Gasteiger partial charge in [0.2, 0.25) is 5.91 Å². The number of benzene rings is 1. The van der Waals surface area contributed by atoms with Gasteiger partial charge in [-0.05, 0) is 82.1 Å². The van der Waals surface area contributed by atoms with Crippen molar-refractivity contribution in [2.75, 3.05) is 6.61 Å². The van der Waals surface area contributed by atoms with Gasteiger partial charge in [-0.2, -0.15) is 0 Å². The largest absolute Gasteiger partial charge is 0.465 e. The second-order valence-electron chi connectivity index (χ2n) is 10.7. The summed E-state index contributed by atoms with van der Waals surface area (Å²) in [7, 11) is 0. The molecule has 35 heavy (non-hydrogen) atoms. The first kappa shape index (κ1) is 24.3. The quantitative estimate of drug-likeness (QED) is 0.388. The summed E-state index contributed by atoms with van der Waals surface area (Å²) >= 11 is 1.36. The van der Waals surface area contributed by atoms with Gasteiger partial charge in [-0.3, -0.25) is 9.59 Å². The molecule has 4 bridgehead atoms. The molecule has 1 heterocycles. The first-order chi connectivity index (χ1) is 17.0. The van der Waals surface area contributed by atoms with Crippen LogP contribution >= 0.6 is 11.8 Å². The van der Waals surface area contributed by atoms with E-state index in [-0.39, 0.29) is 22.5 Å². The average molecular weight is 497 g/mol. The van der Waals surface area contributed by atoms with Crippen molar-refractivity contribution in [2.24, 2.45) is 23.2 Å². The summed E-state index contributed by atoms with van der Waals surface area (Å²) < 4.78 is 7.22. The molecule has 6 rings (SSSR count). The van der Waals surface area contributed by atoms with Crippen LogP contribution in [0.5, 0.6) is 0 Å². The Morgan fingerprint density at radius 3 is 2.40 bits per heavy atom. The smallest absolute Gasteiger partial charge is 0.319 e. The Labute approximate surface area is 211 Å². The predicted molar refractivity (Wildman–Crippen MR) is 135 cm³/mol. The fourth-order valence-electron chi connectivity index (χ4n) is 6.85. The number of aryl methyl sites for hydroxylation is 1. The summed E-state index contributed by atoms with van der Waals surface area (Å²) in [6.45, 7) is 5.02. The van der Waals surface area contributed by atoms with Crippen molar-refractivity contribution < 1.29 is 14.3 Å². The molecule has 0 spiro atoms. The van der Waals surface area contributed by atoms with Crippen LogP contribution in [0.4, 0.5) is 0 Å². The van der Waals surface area contributed by atoms with E-state index in [0.717, 1.165) is 49.3 Å². The van der Waals surface area contributed by atoms with E-state index in [1.54, 1.807) is 0 Å². The number of nitrogens with one attached hydrogen (secondary N) is 1. The molecule has 8 heteroatoms. The number of hydrogen-bond donors (Lipinski definition) is 1. The van der Waals surface area contributed by atoms with Crippen LogP contribution in [0.2, 0.25) is 0 Å². The molecule has 4 fully saturated rings. The van der Waals surface area contributed by atoms with Crippen molar-refractivity contribution in [2.45, 2.75) is 82.3 Å². The zero-order valence-electron chi connectivity index (χ0n) is 20.7. The monoisotopic (exact) mass is 496 g/mol. The van der Waals surface area contributed by atoms with E-state index >= 15 is 0 Å². The molecule has 0 aliphatic heterocycles. The van der Waals surface area contributed by atoms with Gasteiger partial charge in [-0.1, -0.05) is 42.1 Å². The lowest BCUT2D eigenvalue weighted by Crippen LogP contribution is -2.53. The van der Waals surface area contributed by atoms with E-state index in [1.165, 1.54) is 36.6 Å². The van der Waals surface area contributed by atoms with Gasteiger partial charge in [0.25, 0.3) is 0 Å². The number of carbonyl (C=O) groups is 2. The van der Waals surface area contributed by atoms with Crippen LogP contribution in [-0.2, 0) is 33.8 Å². The molecule has 4 saturated carbocycles. The summed E-state index contributed by atoms with van der Waals surface area (Å²) in [5.41, 5.74) is 1.04. The maximum absolute atomic E-state index is 13.5. The lowest BCUT2D eigenvalue weighted by molar-refractivity contribution is -0.146. The number of hydrogen-bond acceptors (Lipinski definition) is 6. The highest BCUT2D eigenvalue weighted by Gasteiger charge is 2.54. The number of rotatable bonds is 10. The van der Waals surface area contributed by atoms with Crippen molar-refractivity contribution in [1.82, 2.24) is 20.1 Å². The van der Waals surface area contributed by atoms with E-state index in [4.69, 9.17) is 4.74 Å². The van der Waals surface area contributed by atoms with E-state index in [2.05, 4.69) is 27.6 Å². The average Bonchev–Trinajstić information content (AvgIpc) is 3.22. The highest BCUT2D eigenvalue weighted by Crippen LogP contribution is 2.60. The Hall–Kier alpha value is -2.35. The van der Waals surface area contributed by atoms with Gasteiger partial charge < -0.3 is 14.6 Å². The highest BCUT2D eigenvalue weighted by molar-refractivity contribution is 8.00. The maximum atomic E-state index is 13.5. The summed E-state index contributed by atoms with van der Waals surface area (Å²) in [5.74, 6) is 2.87. The van der Waals surface area contributed by atoms with E-state index in [0.29, 0.717) is 24.9 Å². The minimum absolute atomic E-state index is 0.181. The fraction of sp³-hybridized carbons (Fsp3) is 0.630. The Morgan fingerprint density at radius 1 is 1.11 bits per heavy atom. The van der Waals surface area contributed by atoms with Crippen LogP contribution in [0, 0.1) is 23.2 Å². The van der Waals surface area contributed by atoms with Gasteiger partial charge in [0.1, 0.15) is 5.25 Å². The predicted octanol–water partition coefficient (Wildman–Crippen LogP) is 4.40. The van der Waals surface area contributed by atoms with Crippen LogP contribution in [0.3, 0.4) is 0 Å². The molecule has 1 aromatic heterocycles. The van der Waals surface area contributed by atoms with Crippen molar-refractivity contribution >= 4 is 23.6 Å². The molecule has 1 aromatic carbocycles. The maximum Gasteiger partial charge on any atom is 0.319 e. The number of carbonyl (C=O) groups excluding carboxylic acids is 2. The second-order valence-corrected chi connectivity index (χ2v) is 12.0. The first-order valence-corrected chi connectivity index (χ1v) is 13.9. The van der Waals surface area contributed by atoms with Crippen LogP contribution in [0.15, 0.2) is 35.5 Å². The third-order valence-electron chi connectivity index (χ3n) is 8.09. The molecule has 4 aliphatic carbocycles. The van der Waals surface area contributed by atoms with Gasteiger partial charge in [-0.15, -0.1) is 10.2 Å². The molecule has 1 amide bonds. The summed E-state index contributed by atoms with van der Waals surface area (Å²) in [5, 5.41) is 12.4. The zero-order chi connectivity index (χ0) is 24.4. The number of amides is 1. The summed E-state index contributed by atoms with van der Waals surface area (Å²) in [4.78, 5) is 25.7. The van der Waals surface area contributed by atoms with Gasteiger partial charge in [-0.25, -0.2) is 0 Å². The standard InChI is InChI=1S/C27H36N4O3S/c1-3-34-24(32)18(2)35-26-30-29-23(31(26)10-9-19-7-5-4-6-8-19)17-28-25(33)27-14-20-11-21(15-27)13-22(12-20)16-27/h4-8,18,20-22H,3,9-17H2,1-2H3,(H,28,33). The third-order valence-corrected chi connectivity index (χ3v) is 9.15. The van der Waals surface area contributed by atoms with Gasteiger partial charge in [0.05, 0.1) is 13.2 Å². The van der Waals surface area contributed by atoms with Gasteiger partial charge in [0, 0.05) is 12.0 Å². The summed E-state index contributed by atoms with van der Waals surface area (Å²) in [6, 6.07) is 10.3. The lowest BCUT2D eigenvalue weighted by atomic mass is 9.49. The molecular formula is C27H36N4O3S. The number of ether oxygens (including phenoxy) is 1. The van der Waals surface area contributed by atoms with Crippen molar-refractivity contribution in [1.29, 1.82) is 0 Å². The number of aromatic nitrogens is 3. The Balaban J connectivity index is 1.29. The topological polar surface area (TPSA) is 86.1 Å². The van der Waals surface area contributed by atoms with E-state index < -0.39 is 0 Å². The molecular weight excluding hydrogens is 460 g/mol. The molecule has 0 radical (unpaired) electrons. The number of thioether (sulfide) groups is 1. The molecule has 0 saturated heterocycles. The highest BCUT2D eigenvalue weighted by atomic mass is 32.2. The Bertz CT molecular complexity index is 1020. The zero-order valence-corrected chi connectivity index (χ0v) is 21.6. The molecule has 1 unspecified atom stereocenters. The molecule has 1 atom stereocenters. The fourth-order valence-corrected chi connectivity index (χ4v) is 7.74. The van der Waals surface area contributed by atoms with Gasteiger partial charge >= 0.3 is 5.97 Å². The number of nitrogens with zero attached hydrogens (tertiary/aromatic N) is 3. The normalized spacial score (nSPS) is 27.5. The van der Waals surface area contributed by atoms with E-state index in [9.17, 15) is 9.59 Å². The van der Waals surface area contributed by atoms with Crippen molar-refractivity contribution in [3.8, 4) is 0 Å². The minimum atomic E-state index is -0.385. The molecule has 4 aliphatic rings. The molecule has 188 valence electrons. The van der Waals surface area contributed by atoms with Crippen LogP contribution in [0.1, 0.15) is 63.8 Å². The Kier molecular flexibility index (Phi) is 7.19. The molecule has 7 nitrogen and oxygen atoms in total. The molecule has 1 N–H and O–H groups in total. The minimum Gasteiger partial charge on any atom is -0.465 e. The molecule has 2 aromatic rings. The summed E-state index contributed by atoms with van der Waals surface area (Å²) in [6.07, 6.45) is 7.91. The first-order valence-electron chi connectivity index (χ1n) is 13.0. The van der Waals surface area contributed by atoms with Crippen LogP contribution in [-0.4, -0.2) is 38.5 Å². The van der Waals surface area contributed by atoms with Crippen molar-refractivity contribution in [3.63, 3.8) is 0 Å². The van der Waals surface area contributed by atoms with Crippen LogP contribution < -0.4 is 5.32 Å². The number of esters is 1. The van der Waals surface area contributed by atoms with Gasteiger partial charge in [0.15, 0.2) is 11.0 Å². The second kappa shape index (κ2) is 10.3. The van der Waals surface area contributed by atoms with E-state index in [1.807, 2.05) is 36.6 Å². The van der Waals surface area contributed by atoms with Crippen molar-refractivity contribution in [3.05, 3.63) is 41.7 Å². The SMILES string of the molecule is CCOC(=O)C(C)Sc1nnc(CNC(=O)C23CC4CC(CC(C4)C2)C3)n1CCc1ccccc1. The lowest BCUT2D eigenvalue weighted by Gasteiger charge is -2.55. The Morgan fingerprint density at radius 2 is 1.77 bits per heavy atom. The third kappa shape index (κ3) is 5.27. The van der Waals surface area contributed by atoms with Crippen LogP contribution in [0.25, 0.3) is 0 Å².